The Morgan fingerprint density at radius 2 is 1.47 bits per heavy atom. The quantitative estimate of drug-likeness (QED) is 0.289. The van der Waals surface area contributed by atoms with E-state index in [1.165, 1.54) is 97.4 Å². The van der Waals surface area contributed by atoms with Gasteiger partial charge < -0.3 is 14.6 Å². The van der Waals surface area contributed by atoms with Crippen LogP contribution < -0.4 is 5.32 Å². The summed E-state index contributed by atoms with van der Waals surface area (Å²) in [5.74, 6) is 0.918. The van der Waals surface area contributed by atoms with Crippen LogP contribution >= 0.6 is 0 Å². The molecule has 1 aromatic heterocycles. The van der Waals surface area contributed by atoms with Crippen molar-refractivity contribution in [2.45, 2.75) is 77.2 Å². The minimum absolute atomic E-state index is 0.788. The van der Waals surface area contributed by atoms with Crippen molar-refractivity contribution in [3.8, 4) is 0 Å². The van der Waals surface area contributed by atoms with Crippen LogP contribution in [-0.2, 0) is 19.4 Å². The molecule has 3 aromatic carbocycles. The minimum Gasteiger partial charge on any atom is -0.456 e. The molecule has 188 valence electrons. The van der Waals surface area contributed by atoms with Gasteiger partial charge in [0.2, 0.25) is 0 Å². The van der Waals surface area contributed by atoms with Crippen molar-refractivity contribution in [1.82, 2.24) is 4.90 Å². The van der Waals surface area contributed by atoms with E-state index in [1.54, 1.807) is 0 Å². The molecule has 2 aliphatic carbocycles. The summed E-state index contributed by atoms with van der Waals surface area (Å²) in [5, 5.41) is 5.90. The van der Waals surface area contributed by atoms with Gasteiger partial charge in [-0.1, -0.05) is 87.9 Å². The summed E-state index contributed by atoms with van der Waals surface area (Å²) >= 11 is 0. The lowest BCUT2D eigenvalue weighted by Crippen LogP contribution is -2.22. The number of anilines is 1. The van der Waals surface area contributed by atoms with Crippen LogP contribution in [0, 0.1) is 0 Å². The van der Waals surface area contributed by atoms with Gasteiger partial charge in [0.05, 0.1) is 5.82 Å². The van der Waals surface area contributed by atoms with Crippen LogP contribution in [0.5, 0.6) is 0 Å². The fraction of sp³-hybridized carbons (Fsp3) is 0.394. The molecule has 6 rings (SSSR count). The van der Waals surface area contributed by atoms with Gasteiger partial charge >= 0.3 is 0 Å². The standard InChI is InChI=1S/C26H26N2O.C7H14/c1-18(27-24-12-7-9-20-8-3-4-10-21(20)24)28(2)17-19-14-15-26-23(16-19)22-11-5-6-13-25(22)29-26;1-2-4-6-7-5-3-1/h5-7,9,11-16,27H,1,3-4,8,10,17H2,2H3;1-7H2. The molecule has 0 radical (unpaired) electrons. The van der Waals surface area contributed by atoms with Crippen LogP contribution in [0.3, 0.4) is 0 Å². The summed E-state index contributed by atoms with van der Waals surface area (Å²) in [7, 11) is 2.09. The molecule has 0 aliphatic heterocycles. The summed E-state index contributed by atoms with van der Waals surface area (Å²) in [6.45, 7) is 5.08. The van der Waals surface area contributed by atoms with Crippen molar-refractivity contribution in [3.63, 3.8) is 0 Å². The molecule has 3 nitrogen and oxygen atoms in total. The Hall–Kier alpha value is -3.20. The Bertz CT molecular complexity index is 1300. The second-order valence-corrected chi connectivity index (χ2v) is 10.5. The second kappa shape index (κ2) is 11.7. The van der Waals surface area contributed by atoms with Gasteiger partial charge in [0, 0.05) is 30.1 Å². The summed E-state index contributed by atoms with van der Waals surface area (Å²) in [4.78, 5) is 2.17. The van der Waals surface area contributed by atoms with Gasteiger partial charge in [-0.15, -0.1) is 0 Å². The second-order valence-electron chi connectivity index (χ2n) is 10.5. The van der Waals surface area contributed by atoms with E-state index < -0.39 is 0 Å². The van der Waals surface area contributed by atoms with Crippen LogP contribution in [0.15, 0.2) is 77.5 Å². The van der Waals surface area contributed by atoms with Crippen molar-refractivity contribution in [2.75, 3.05) is 12.4 Å². The van der Waals surface area contributed by atoms with Crippen molar-refractivity contribution in [2.24, 2.45) is 0 Å². The predicted octanol–water partition coefficient (Wildman–Crippen LogP) is 9.21. The molecule has 1 fully saturated rings. The normalized spacial score (nSPS) is 15.5. The molecule has 4 aromatic rings. The zero-order chi connectivity index (χ0) is 24.7. The third-order valence-corrected chi connectivity index (χ3v) is 7.75. The molecule has 3 heteroatoms. The number of benzene rings is 3. The first kappa shape index (κ1) is 24.5. The fourth-order valence-corrected chi connectivity index (χ4v) is 5.63. The maximum absolute atomic E-state index is 5.95. The number of nitrogens with one attached hydrogen (secondary N) is 1. The lowest BCUT2D eigenvalue weighted by Gasteiger charge is -2.26. The molecule has 0 atom stereocenters. The molecule has 0 spiro atoms. The maximum Gasteiger partial charge on any atom is 0.135 e. The van der Waals surface area contributed by atoms with Gasteiger partial charge in [-0.2, -0.15) is 0 Å². The van der Waals surface area contributed by atoms with Crippen LogP contribution in [0.2, 0.25) is 0 Å². The van der Waals surface area contributed by atoms with Crippen LogP contribution in [0.1, 0.15) is 74.5 Å². The molecule has 1 saturated carbocycles. The van der Waals surface area contributed by atoms with Gasteiger partial charge in [0.15, 0.2) is 0 Å². The van der Waals surface area contributed by atoms with Crippen LogP contribution in [0.25, 0.3) is 21.9 Å². The Morgan fingerprint density at radius 3 is 2.25 bits per heavy atom. The van der Waals surface area contributed by atoms with E-state index in [2.05, 4.69) is 72.4 Å². The average molecular weight is 481 g/mol. The molecular weight excluding hydrogens is 440 g/mol. The van der Waals surface area contributed by atoms with Crippen molar-refractivity contribution >= 4 is 27.6 Å². The van der Waals surface area contributed by atoms with E-state index in [4.69, 9.17) is 4.42 Å². The molecule has 0 bridgehead atoms. The number of aryl methyl sites for hydroxylation is 1. The Morgan fingerprint density at radius 1 is 0.778 bits per heavy atom. The number of para-hydroxylation sites is 1. The number of rotatable bonds is 5. The minimum atomic E-state index is 0.788. The van der Waals surface area contributed by atoms with E-state index >= 15 is 0 Å². The smallest absolute Gasteiger partial charge is 0.135 e. The molecule has 0 saturated heterocycles. The summed E-state index contributed by atoms with van der Waals surface area (Å²) in [6.07, 6.45) is 15.4. The fourth-order valence-electron chi connectivity index (χ4n) is 5.63. The van der Waals surface area contributed by atoms with E-state index in [0.29, 0.717) is 0 Å². The highest BCUT2D eigenvalue weighted by Crippen LogP contribution is 2.31. The number of nitrogens with zero attached hydrogens (tertiary/aromatic N) is 1. The van der Waals surface area contributed by atoms with Crippen LogP contribution in [0.4, 0.5) is 5.69 Å². The lowest BCUT2D eigenvalue weighted by molar-refractivity contribution is 0.418. The lowest BCUT2D eigenvalue weighted by atomic mass is 9.90. The Labute approximate surface area is 216 Å². The third-order valence-electron chi connectivity index (χ3n) is 7.75. The van der Waals surface area contributed by atoms with Crippen molar-refractivity contribution < 1.29 is 4.42 Å². The Kier molecular flexibility index (Phi) is 7.95. The number of hydrogen-bond donors (Lipinski definition) is 1. The van der Waals surface area contributed by atoms with E-state index in [0.717, 1.165) is 30.0 Å². The highest BCUT2D eigenvalue weighted by atomic mass is 16.3. The Balaban J connectivity index is 0.000000330. The summed E-state index contributed by atoms with van der Waals surface area (Å²) in [5.41, 5.74) is 7.26. The van der Waals surface area contributed by atoms with Crippen molar-refractivity contribution in [3.05, 3.63) is 89.8 Å². The number of hydrogen-bond acceptors (Lipinski definition) is 3. The van der Waals surface area contributed by atoms with Gasteiger partial charge in [-0.3, -0.25) is 0 Å². The SMILES string of the molecule is C1CCCCCC1.C=C(Nc1cccc2c1CCCC2)N(C)Cc1ccc2oc3ccccc3c2c1. The van der Waals surface area contributed by atoms with Gasteiger partial charge in [-0.05, 0) is 66.6 Å². The van der Waals surface area contributed by atoms with E-state index in [1.807, 2.05) is 12.1 Å². The first-order chi connectivity index (χ1) is 17.7. The van der Waals surface area contributed by atoms with Crippen molar-refractivity contribution in [1.29, 1.82) is 0 Å². The largest absolute Gasteiger partial charge is 0.456 e. The molecule has 36 heavy (non-hydrogen) atoms. The summed E-state index contributed by atoms with van der Waals surface area (Å²) < 4.78 is 5.95. The first-order valence-electron chi connectivity index (χ1n) is 13.9. The molecule has 1 heterocycles. The predicted molar refractivity (Wildman–Crippen MR) is 153 cm³/mol. The number of fused-ring (bicyclic) bond motifs is 4. The zero-order valence-electron chi connectivity index (χ0n) is 21.8. The average Bonchev–Trinajstić information content (AvgIpc) is 3.06. The molecule has 1 N–H and O–H groups in total. The molecular formula is C33H40N2O. The molecule has 2 aliphatic rings. The van der Waals surface area contributed by atoms with E-state index in [9.17, 15) is 0 Å². The summed E-state index contributed by atoms with van der Waals surface area (Å²) in [6, 6.07) is 21.2. The van der Waals surface area contributed by atoms with Gasteiger partial charge in [0.1, 0.15) is 11.2 Å². The van der Waals surface area contributed by atoms with E-state index in [-0.39, 0.29) is 0 Å². The highest BCUT2D eigenvalue weighted by Gasteiger charge is 2.14. The maximum atomic E-state index is 5.95. The van der Waals surface area contributed by atoms with Gasteiger partial charge in [-0.25, -0.2) is 0 Å². The zero-order valence-corrected chi connectivity index (χ0v) is 21.8. The molecule has 0 unspecified atom stereocenters. The number of furan rings is 1. The topological polar surface area (TPSA) is 28.4 Å². The first-order valence-corrected chi connectivity index (χ1v) is 13.9. The molecule has 0 amide bonds. The van der Waals surface area contributed by atoms with Crippen LogP contribution in [-0.4, -0.2) is 11.9 Å². The monoisotopic (exact) mass is 480 g/mol. The third kappa shape index (κ3) is 5.78. The van der Waals surface area contributed by atoms with Gasteiger partial charge in [0.25, 0.3) is 0 Å². The highest BCUT2D eigenvalue weighted by molar-refractivity contribution is 6.04.